The Morgan fingerprint density at radius 1 is 1.17 bits per heavy atom. The van der Waals surface area contributed by atoms with Gasteiger partial charge in [-0.25, -0.2) is 9.97 Å². The minimum Gasteiger partial charge on any atom is -0.357 e. The largest absolute Gasteiger partial charge is 0.357 e. The molecule has 0 unspecified atom stereocenters. The molecule has 160 valence electrons. The zero-order valence-corrected chi connectivity index (χ0v) is 19.9. The Balaban J connectivity index is 1.54. The summed E-state index contributed by atoms with van der Waals surface area (Å²) < 4.78 is 4.41. The summed E-state index contributed by atoms with van der Waals surface area (Å²) >= 11 is 3.26. The maximum Gasteiger partial charge on any atom is 0.205 e. The lowest BCUT2D eigenvalue weighted by Gasteiger charge is -2.36. The van der Waals surface area contributed by atoms with Crippen LogP contribution in [0.2, 0.25) is 0 Å². The van der Waals surface area contributed by atoms with E-state index in [0.717, 1.165) is 69.0 Å². The van der Waals surface area contributed by atoms with E-state index in [1.807, 2.05) is 0 Å². The van der Waals surface area contributed by atoms with Gasteiger partial charge in [0.1, 0.15) is 5.82 Å². The van der Waals surface area contributed by atoms with Crippen LogP contribution < -0.4 is 10.2 Å². The fourth-order valence-electron chi connectivity index (χ4n) is 3.08. The number of hydrogen-bond acceptors (Lipinski definition) is 7. The Hall–Kier alpha value is -1.74. The number of aliphatic imine (C=N–C) groups is 1. The van der Waals surface area contributed by atoms with Crippen molar-refractivity contribution in [1.29, 1.82) is 0 Å². The molecule has 0 saturated carbocycles. The first kappa shape index (κ1) is 22.0. The summed E-state index contributed by atoms with van der Waals surface area (Å²) in [4.78, 5) is 19.0. The Bertz CT molecular complexity index is 798. The van der Waals surface area contributed by atoms with E-state index in [4.69, 9.17) is 9.98 Å². The second-order valence-electron chi connectivity index (χ2n) is 8.18. The van der Waals surface area contributed by atoms with Gasteiger partial charge in [-0.3, -0.25) is 4.99 Å². The van der Waals surface area contributed by atoms with Gasteiger partial charge in [-0.15, -0.1) is 11.3 Å². The summed E-state index contributed by atoms with van der Waals surface area (Å²) in [5, 5.41) is 7.84. The van der Waals surface area contributed by atoms with Crippen LogP contribution in [0.4, 0.5) is 5.13 Å². The Labute approximate surface area is 182 Å². The number of guanidine groups is 1. The summed E-state index contributed by atoms with van der Waals surface area (Å²) in [6.45, 7) is 16.3. The van der Waals surface area contributed by atoms with Crippen LogP contribution in [0.1, 0.15) is 51.1 Å². The number of aryl methyl sites for hydroxylation is 1. The van der Waals surface area contributed by atoms with E-state index in [9.17, 15) is 0 Å². The molecule has 9 heteroatoms. The van der Waals surface area contributed by atoms with Crippen molar-refractivity contribution < 1.29 is 0 Å². The van der Waals surface area contributed by atoms with Crippen LogP contribution in [0.15, 0.2) is 10.4 Å². The maximum absolute atomic E-state index is 4.87. The van der Waals surface area contributed by atoms with Crippen molar-refractivity contribution in [2.75, 3.05) is 44.2 Å². The van der Waals surface area contributed by atoms with Gasteiger partial charge in [-0.2, -0.15) is 4.37 Å². The molecule has 0 aliphatic carbocycles. The van der Waals surface area contributed by atoms with Crippen molar-refractivity contribution in [3.05, 3.63) is 21.9 Å². The van der Waals surface area contributed by atoms with E-state index < -0.39 is 0 Å². The predicted octanol–water partition coefficient (Wildman–Crippen LogP) is 3.18. The molecule has 0 spiro atoms. The zero-order chi connectivity index (χ0) is 20.9. The Morgan fingerprint density at radius 3 is 2.52 bits per heavy atom. The molecule has 0 amide bonds. The van der Waals surface area contributed by atoms with Gasteiger partial charge in [0.25, 0.3) is 0 Å². The van der Waals surface area contributed by atoms with Crippen LogP contribution in [0.5, 0.6) is 0 Å². The standard InChI is InChI=1S/C20H33N7S2/c1-6-16-24-19(29-25-16)27-12-10-26(11-13-27)18(21-7-2)22-9-8-17-23-15(14-28-17)20(3,4)5/h14H,6-13H2,1-5H3,(H,21,22). The molecule has 0 bridgehead atoms. The highest BCUT2D eigenvalue weighted by molar-refractivity contribution is 7.10. The summed E-state index contributed by atoms with van der Waals surface area (Å²) in [5.74, 6) is 1.95. The smallest absolute Gasteiger partial charge is 0.205 e. The van der Waals surface area contributed by atoms with Crippen LogP contribution in [0, 0.1) is 0 Å². The third-order valence-electron chi connectivity index (χ3n) is 4.87. The van der Waals surface area contributed by atoms with Crippen molar-refractivity contribution in [3.8, 4) is 0 Å². The predicted molar refractivity (Wildman–Crippen MR) is 124 cm³/mol. The van der Waals surface area contributed by atoms with Crippen LogP contribution in [0.25, 0.3) is 0 Å². The molecule has 3 rings (SSSR count). The molecule has 1 aliphatic heterocycles. The molecule has 0 aromatic carbocycles. The Kier molecular flexibility index (Phi) is 7.45. The van der Waals surface area contributed by atoms with Crippen molar-refractivity contribution in [3.63, 3.8) is 0 Å². The van der Waals surface area contributed by atoms with Crippen LogP contribution in [0.3, 0.4) is 0 Å². The lowest BCUT2D eigenvalue weighted by Crippen LogP contribution is -2.52. The molecule has 0 atom stereocenters. The lowest BCUT2D eigenvalue weighted by atomic mass is 9.93. The number of hydrogen-bond donors (Lipinski definition) is 1. The normalized spacial score (nSPS) is 15.8. The van der Waals surface area contributed by atoms with Gasteiger partial charge < -0.3 is 15.1 Å². The molecule has 29 heavy (non-hydrogen) atoms. The second kappa shape index (κ2) is 9.84. The SMILES string of the molecule is CCNC(=NCCc1nc(C(C)(C)C)cs1)N1CCN(c2nc(CC)ns2)CC1. The molecule has 1 aliphatic rings. The average Bonchev–Trinajstić information content (AvgIpc) is 3.37. The monoisotopic (exact) mass is 435 g/mol. The zero-order valence-electron chi connectivity index (χ0n) is 18.2. The van der Waals surface area contributed by atoms with E-state index in [1.165, 1.54) is 22.2 Å². The summed E-state index contributed by atoms with van der Waals surface area (Å²) in [7, 11) is 0. The first-order valence-corrected chi connectivity index (χ1v) is 12.1. The highest BCUT2D eigenvalue weighted by Gasteiger charge is 2.22. The lowest BCUT2D eigenvalue weighted by molar-refractivity contribution is 0.372. The molecular formula is C20H33N7S2. The molecule has 1 saturated heterocycles. The van der Waals surface area contributed by atoms with Gasteiger partial charge in [0.05, 0.1) is 10.7 Å². The number of thiazole rings is 1. The first-order chi connectivity index (χ1) is 13.9. The van der Waals surface area contributed by atoms with Gasteiger partial charge in [0.15, 0.2) is 5.96 Å². The highest BCUT2D eigenvalue weighted by atomic mass is 32.1. The minimum absolute atomic E-state index is 0.109. The molecule has 1 fully saturated rings. The van der Waals surface area contributed by atoms with Gasteiger partial charge >= 0.3 is 0 Å². The number of rotatable bonds is 6. The van der Waals surface area contributed by atoms with Crippen LogP contribution in [-0.2, 0) is 18.3 Å². The van der Waals surface area contributed by atoms with Crippen LogP contribution in [-0.4, -0.2) is 64.5 Å². The van der Waals surface area contributed by atoms with E-state index >= 15 is 0 Å². The first-order valence-electron chi connectivity index (χ1n) is 10.5. The van der Waals surface area contributed by atoms with E-state index in [2.05, 4.69) is 64.5 Å². The molecule has 3 heterocycles. The molecule has 2 aromatic heterocycles. The number of anilines is 1. The van der Waals surface area contributed by atoms with Crippen molar-refractivity contribution in [2.24, 2.45) is 4.99 Å². The van der Waals surface area contributed by atoms with E-state index in [0.29, 0.717) is 0 Å². The van der Waals surface area contributed by atoms with Gasteiger partial charge in [-0.05, 0) is 6.92 Å². The highest BCUT2D eigenvalue weighted by Crippen LogP contribution is 2.24. The average molecular weight is 436 g/mol. The quantitative estimate of drug-likeness (QED) is 0.555. The Morgan fingerprint density at radius 2 is 1.93 bits per heavy atom. The number of aromatic nitrogens is 3. The van der Waals surface area contributed by atoms with E-state index in [1.54, 1.807) is 11.3 Å². The van der Waals surface area contributed by atoms with Crippen molar-refractivity contribution >= 4 is 34.0 Å². The van der Waals surface area contributed by atoms with Gasteiger partial charge in [0.2, 0.25) is 5.13 Å². The fraction of sp³-hybridized carbons (Fsp3) is 0.700. The van der Waals surface area contributed by atoms with Crippen LogP contribution >= 0.6 is 22.9 Å². The number of piperazine rings is 1. The molecule has 2 aromatic rings. The van der Waals surface area contributed by atoms with Gasteiger partial charge in [-0.1, -0.05) is 27.7 Å². The minimum atomic E-state index is 0.109. The number of nitrogens with zero attached hydrogens (tertiary/aromatic N) is 6. The second-order valence-corrected chi connectivity index (χ2v) is 9.86. The van der Waals surface area contributed by atoms with E-state index in [-0.39, 0.29) is 5.41 Å². The molecule has 7 nitrogen and oxygen atoms in total. The summed E-state index contributed by atoms with van der Waals surface area (Å²) in [6, 6.07) is 0. The molecule has 0 radical (unpaired) electrons. The summed E-state index contributed by atoms with van der Waals surface area (Å²) in [5.41, 5.74) is 1.28. The topological polar surface area (TPSA) is 69.5 Å². The number of nitrogens with one attached hydrogen (secondary N) is 1. The van der Waals surface area contributed by atoms with Crippen molar-refractivity contribution in [1.82, 2.24) is 24.6 Å². The van der Waals surface area contributed by atoms with Crippen molar-refractivity contribution in [2.45, 2.75) is 52.9 Å². The summed E-state index contributed by atoms with van der Waals surface area (Å²) in [6.07, 6.45) is 1.78. The maximum atomic E-state index is 4.87. The molecular weight excluding hydrogens is 402 g/mol. The molecule has 1 N–H and O–H groups in total. The fourth-order valence-corrected chi connectivity index (χ4v) is 4.90. The third-order valence-corrected chi connectivity index (χ3v) is 6.59. The third kappa shape index (κ3) is 5.88. The van der Waals surface area contributed by atoms with Gasteiger partial charge in [0, 0.05) is 74.4 Å².